The number of thioether (sulfide) groups is 1. The van der Waals surface area contributed by atoms with E-state index in [0.29, 0.717) is 0 Å². The molecule has 0 saturated heterocycles. The number of rotatable bonds is 0. The van der Waals surface area contributed by atoms with E-state index in [2.05, 4.69) is 18.9 Å². The largest absolute Gasteiger partial charge is 0.287 e. The molecular weight excluding hydrogens is 216 g/mol. The van der Waals surface area contributed by atoms with E-state index in [-0.39, 0.29) is 22.4 Å². The normalized spacial score (nSPS) is 35.6. The van der Waals surface area contributed by atoms with Crippen LogP contribution in [0.2, 0.25) is 0 Å². The highest BCUT2D eigenvalue weighted by molar-refractivity contribution is 8.13. The van der Waals surface area contributed by atoms with Crippen LogP contribution in [0.3, 0.4) is 0 Å². The summed E-state index contributed by atoms with van der Waals surface area (Å²) in [7, 11) is 0. The number of carbonyl (C=O) groups is 1. The number of fused-ring (bicyclic) bond motifs is 3. The maximum absolute atomic E-state index is 11.9. The van der Waals surface area contributed by atoms with Crippen molar-refractivity contribution in [3.63, 3.8) is 0 Å². The lowest BCUT2D eigenvalue weighted by Crippen LogP contribution is -2.47. The van der Waals surface area contributed by atoms with Crippen LogP contribution in [0.15, 0.2) is 29.2 Å². The van der Waals surface area contributed by atoms with Crippen LogP contribution >= 0.6 is 11.8 Å². The van der Waals surface area contributed by atoms with E-state index in [1.165, 1.54) is 17.3 Å². The predicted octanol–water partition coefficient (Wildman–Crippen LogP) is 3.06. The molecule has 1 aromatic carbocycles. The fourth-order valence-corrected chi connectivity index (χ4v) is 3.97. The molecule has 0 radical (unpaired) electrons. The molecule has 0 amide bonds. The third-order valence-corrected chi connectivity index (χ3v) is 4.93. The summed E-state index contributed by atoms with van der Waals surface area (Å²) < 4.78 is 0. The highest BCUT2D eigenvalue weighted by Crippen LogP contribution is 2.62. The molecule has 0 unspecified atom stereocenters. The van der Waals surface area contributed by atoms with E-state index in [0.717, 1.165) is 11.3 Å². The van der Waals surface area contributed by atoms with Gasteiger partial charge in [0.1, 0.15) is 0 Å². The highest BCUT2D eigenvalue weighted by atomic mass is 32.2. The van der Waals surface area contributed by atoms with Crippen molar-refractivity contribution in [2.24, 2.45) is 11.3 Å². The third kappa shape index (κ3) is 1.13. The van der Waals surface area contributed by atoms with Gasteiger partial charge in [-0.2, -0.15) is 0 Å². The summed E-state index contributed by atoms with van der Waals surface area (Å²) in [6, 6.07) is 8.14. The van der Waals surface area contributed by atoms with Crippen molar-refractivity contribution in [3.8, 4) is 12.3 Å². The molecule has 80 valence electrons. The zero-order valence-electron chi connectivity index (χ0n) is 9.07. The van der Waals surface area contributed by atoms with Crippen molar-refractivity contribution < 1.29 is 4.79 Å². The molecule has 2 heteroatoms. The van der Waals surface area contributed by atoms with Crippen LogP contribution in [0, 0.1) is 23.7 Å². The Kier molecular flexibility index (Phi) is 1.96. The molecule has 0 N–H and O–H groups in total. The van der Waals surface area contributed by atoms with Crippen molar-refractivity contribution >= 4 is 16.9 Å². The molecule has 1 fully saturated rings. The van der Waals surface area contributed by atoms with Crippen LogP contribution < -0.4 is 0 Å². The lowest BCUT2D eigenvalue weighted by molar-refractivity contribution is -0.121. The summed E-state index contributed by atoms with van der Waals surface area (Å²) in [6.45, 7) is 2.09. The molecule has 3 atom stereocenters. The Morgan fingerprint density at radius 1 is 1.50 bits per heavy atom. The van der Waals surface area contributed by atoms with E-state index in [9.17, 15) is 4.79 Å². The molecule has 1 heterocycles. The summed E-state index contributed by atoms with van der Waals surface area (Å²) in [5.74, 6) is 3.26. The van der Waals surface area contributed by atoms with Crippen LogP contribution in [0.5, 0.6) is 0 Å². The van der Waals surface area contributed by atoms with Crippen LogP contribution in [-0.2, 0) is 4.79 Å². The quantitative estimate of drug-likeness (QED) is 0.635. The van der Waals surface area contributed by atoms with Crippen LogP contribution in [0.4, 0.5) is 0 Å². The van der Waals surface area contributed by atoms with Crippen LogP contribution in [0.1, 0.15) is 24.8 Å². The second-order valence-corrected chi connectivity index (χ2v) is 5.86. The van der Waals surface area contributed by atoms with Gasteiger partial charge in [0.25, 0.3) is 0 Å². The van der Waals surface area contributed by atoms with Gasteiger partial charge in [-0.25, -0.2) is 0 Å². The van der Waals surface area contributed by atoms with Gasteiger partial charge in [-0.3, -0.25) is 4.79 Å². The first-order valence-electron chi connectivity index (χ1n) is 5.44. The molecule has 0 aromatic heterocycles. The third-order valence-electron chi connectivity index (χ3n) is 3.83. The lowest BCUT2D eigenvalue weighted by atomic mass is 9.53. The zero-order valence-corrected chi connectivity index (χ0v) is 9.88. The predicted molar refractivity (Wildman–Crippen MR) is 65.1 cm³/mol. The Hall–Kier alpha value is -1.20. The van der Waals surface area contributed by atoms with E-state index in [4.69, 9.17) is 6.42 Å². The molecule has 1 saturated carbocycles. The standard InChI is InChI=1S/C14H12OS/c1-3-14(2)8-10-12(14)9-6-4-5-7-11(9)16-13(10)15/h1,4-7,10,12H,8H2,2H3/t10-,12-,14+/m0/s1. The summed E-state index contributed by atoms with van der Waals surface area (Å²) in [5.41, 5.74) is 1.14. The molecule has 16 heavy (non-hydrogen) atoms. The Morgan fingerprint density at radius 3 is 3.00 bits per heavy atom. The minimum atomic E-state index is -0.128. The summed E-state index contributed by atoms with van der Waals surface area (Å²) >= 11 is 1.38. The molecule has 1 aliphatic carbocycles. The molecule has 1 nitrogen and oxygen atoms in total. The second kappa shape index (κ2) is 3.15. The SMILES string of the molecule is C#C[C@]1(C)C[C@@H]2C(=O)Sc3ccccc3[C@@H]21. The fraction of sp³-hybridized carbons (Fsp3) is 0.357. The van der Waals surface area contributed by atoms with Crippen molar-refractivity contribution in [3.05, 3.63) is 29.8 Å². The average Bonchev–Trinajstić information content (AvgIpc) is 2.27. The van der Waals surface area contributed by atoms with Gasteiger partial charge in [0.2, 0.25) is 0 Å². The number of hydrogen-bond acceptors (Lipinski definition) is 2. The van der Waals surface area contributed by atoms with Gasteiger partial charge in [0, 0.05) is 22.1 Å². The molecule has 0 bridgehead atoms. The fourth-order valence-electron chi connectivity index (χ4n) is 2.93. The maximum Gasteiger partial charge on any atom is 0.197 e. The molecule has 1 aliphatic heterocycles. The summed E-state index contributed by atoms with van der Waals surface area (Å²) in [6.07, 6.45) is 6.45. The maximum atomic E-state index is 11.9. The molecule has 2 aliphatic rings. The Bertz CT molecular complexity index is 514. The summed E-state index contributed by atoms with van der Waals surface area (Å²) in [5, 5.41) is 0.288. The van der Waals surface area contributed by atoms with E-state index < -0.39 is 0 Å². The topological polar surface area (TPSA) is 17.1 Å². The van der Waals surface area contributed by atoms with Gasteiger partial charge >= 0.3 is 0 Å². The molecule has 0 spiro atoms. The molecule has 3 rings (SSSR count). The first-order chi connectivity index (χ1) is 7.65. The van der Waals surface area contributed by atoms with Crippen molar-refractivity contribution in [1.29, 1.82) is 0 Å². The Balaban J connectivity index is 2.13. The molecule has 1 aromatic rings. The van der Waals surface area contributed by atoms with Crippen molar-refractivity contribution in [1.82, 2.24) is 0 Å². The smallest absolute Gasteiger partial charge is 0.197 e. The lowest BCUT2D eigenvalue weighted by Gasteiger charge is -2.52. The first kappa shape index (κ1) is 9.99. The number of hydrogen-bond donors (Lipinski definition) is 0. The van der Waals surface area contributed by atoms with Crippen molar-refractivity contribution in [2.75, 3.05) is 0 Å². The van der Waals surface area contributed by atoms with E-state index >= 15 is 0 Å². The minimum Gasteiger partial charge on any atom is -0.287 e. The van der Waals surface area contributed by atoms with E-state index in [1.807, 2.05) is 18.2 Å². The van der Waals surface area contributed by atoms with Gasteiger partial charge in [-0.15, -0.1) is 6.42 Å². The van der Waals surface area contributed by atoms with Crippen LogP contribution in [-0.4, -0.2) is 5.12 Å². The number of carbonyl (C=O) groups excluding carboxylic acids is 1. The minimum absolute atomic E-state index is 0.128. The molecular formula is C14H12OS. The highest BCUT2D eigenvalue weighted by Gasteiger charge is 2.56. The number of terminal acetylenes is 1. The van der Waals surface area contributed by atoms with E-state index in [1.54, 1.807) is 0 Å². The Morgan fingerprint density at radius 2 is 2.25 bits per heavy atom. The van der Waals surface area contributed by atoms with Gasteiger partial charge < -0.3 is 0 Å². The van der Waals surface area contributed by atoms with Gasteiger partial charge in [0.15, 0.2) is 5.12 Å². The monoisotopic (exact) mass is 228 g/mol. The number of benzene rings is 1. The first-order valence-corrected chi connectivity index (χ1v) is 6.26. The zero-order chi connectivity index (χ0) is 11.3. The summed E-state index contributed by atoms with van der Waals surface area (Å²) in [4.78, 5) is 13.0. The van der Waals surface area contributed by atoms with Gasteiger partial charge in [0.05, 0.1) is 0 Å². The van der Waals surface area contributed by atoms with Crippen molar-refractivity contribution in [2.45, 2.75) is 24.2 Å². The second-order valence-electron chi connectivity index (χ2n) is 4.81. The van der Waals surface area contributed by atoms with Crippen LogP contribution in [0.25, 0.3) is 0 Å². The average molecular weight is 228 g/mol. The van der Waals surface area contributed by atoms with Gasteiger partial charge in [-0.1, -0.05) is 35.9 Å². The Labute approximate surface area is 99.6 Å². The van der Waals surface area contributed by atoms with Gasteiger partial charge in [-0.05, 0) is 25.0 Å².